The summed E-state index contributed by atoms with van der Waals surface area (Å²) in [6.07, 6.45) is 1.57. The quantitative estimate of drug-likeness (QED) is 0.580. The van der Waals surface area contributed by atoms with Crippen molar-refractivity contribution in [3.63, 3.8) is 0 Å². The Morgan fingerprint density at radius 1 is 1.13 bits per heavy atom. The minimum Gasteiger partial charge on any atom is -0.465 e. The van der Waals surface area contributed by atoms with E-state index >= 15 is 0 Å². The van der Waals surface area contributed by atoms with Crippen LogP contribution in [0.4, 0.5) is 0 Å². The van der Waals surface area contributed by atoms with Gasteiger partial charge in [-0.15, -0.1) is 11.3 Å². The monoisotopic (exact) mass is 423 g/mol. The Bertz CT molecular complexity index is 991. The highest BCUT2D eigenvalue weighted by molar-refractivity contribution is 7.10. The van der Waals surface area contributed by atoms with Crippen LogP contribution in [0.2, 0.25) is 0 Å². The molecule has 0 spiro atoms. The molecule has 0 saturated heterocycles. The average molecular weight is 424 g/mol. The van der Waals surface area contributed by atoms with Gasteiger partial charge >= 0.3 is 5.97 Å². The Morgan fingerprint density at radius 3 is 2.53 bits per heavy atom. The molecule has 0 fully saturated rings. The number of carbonyl (C=O) groups is 3. The number of allylic oxidation sites excluding steroid dienone is 2. The second-order valence-corrected chi connectivity index (χ2v) is 8.69. The van der Waals surface area contributed by atoms with Crippen molar-refractivity contribution in [3.8, 4) is 0 Å². The van der Waals surface area contributed by atoms with Gasteiger partial charge in [0.25, 0.3) is 0 Å². The molecule has 2 aliphatic rings. The summed E-state index contributed by atoms with van der Waals surface area (Å²) in [5.74, 6) is -2.34. The summed E-state index contributed by atoms with van der Waals surface area (Å²) in [5, 5.41) is 4.86. The number of Topliss-reactive ketones (excluding diaryl/α,β-unsaturated/α-hetero) is 1. The molecule has 0 unspecified atom stereocenters. The summed E-state index contributed by atoms with van der Waals surface area (Å²) in [4.78, 5) is 40.0. The number of rotatable bonds is 5. The van der Waals surface area contributed by atoms with E-state index in [1.54, 1.807) is 6.92 Å². The number of esters is 1. The lowest BCUT2D eigenvalue weighted by Crippen LogP contribution is -2.44. The molecule has 2 aromatic rings. The molecule has 1 N–H and O–H groups in total. The predicted octanol–water partition coefficient (Wildman–Crippen LogP) is 4.10. The molecule has 0 radical (unpaired) electrons. The van der Waals surface area contributed by atoms with Gasteiger partial charge in [-0.1, -0.05) is 37.3 Å². The van der Waals surface area contributed by atoms with Gasteiger partial charge in [0.15, 0.2) is 5.78 Å². The van der Waals surface area contributed by atoms with Crippen LogP contribution < -0.4 is 5.32 Å². The Hall–Kier alpha value is -2.73. The van der Waals surface area contributed by atoms with E-state index in [2.05, 4.69) is 12.2 Å². The molecule has 2 heterocycles. The number of ether oxygens (including phenoxy) is 1. The lowest BCUT2D eigenvalue weighted by atomic mass is 9.69. The van der Waals surface area contributed by atoms with Crippen molar-refractivity contribution in [1.82, 2.24) is 5.32 Å². The Morgan fingerprint density at radius 2 is 1.90 bits per heavy atom. The molecule has 0 bridgehead atoms. The lowest BCUT2D eigenvalue weighted by Gasteiger charge is -2.37. The molecular weight excluding hydrogens is 398 g/mol. The fourth-order valence-corrected chi connectivity index (χ4v) is 5.36. The lowest BCUT2D eigenvalue weighted by molar-refractivity contribution is -0.152. The zero-order valence-corrected chi connectivity index (χ0v) is 18.0. The normalized spacial score (nSPS) is 23.7. The van der Waals surface area contributed by atoms with Crippen molar-refractivity contribution in [2.24, 2.45) is 5.92 Å². The van der Waals surface area contributed by atoms with Gasteiger partial charge in [-0.3, -0.25) is 14.4 Å². The average Bonchev–Trinajstić information content (AvgIpc) is 3.27. The van der Waals surface area contributed by atoms with Gasteiger partial charge < -0.3 is 10.1 Å². The number of nitrogens with one attached hydrogen (secondary N) is 1. The molecule has 1 aliphatic carbocycles. The van der Waals surface area contributed by atoms with E-state index in [0.717, 1.165) is 16.9 Å². The number of hydrogen-bond donors (Lipinski definition) is 1. The maximum atomic E-state index is 13.7. The fraction of sp³-hybridized carbons (Fsp3) is 0.375. The maximum absolute atomic E-state index is 13.7. The SMILES string of the molecule is CCOC(=O)[C@@H]1C(=O)C2=C(C[C@H]1c1cccs1)NC(=O)C[C@H]2c1ccc(CC)cc1. The fourth-order valence-electron chi connectivity index (χ4n) is 4.49. The van der Waals surface area contributed by atoms with Crippen LogP contribution in [0.15, 0.2) is 53.0 Å². The van der Waals surface area contributed by atoms with Crippen LogP contribution in [0.5, 0.6) is 0 Å². The van der Waals surface area contributed by atoms with Crippen molar-refractivity contribution in [2.45, 2.75) is 44.9 Å². The molecule has 6 heteroatoms. The highest BCUT2D eigenvalue weighted by Gasteiger charge is 2.47. The topological polar surface area (TPSA) is 72.5 Å². The van der Waals surface area contributed by atoms with Gasteiger partial charge in [0.2, 0.25) is 5.91 Å². The van der Waals surface area contributed by atoms with E-state index in [1.807, 2.05) is 41.8 Å². The number of amides is 1. The first-order valence-electron chi connectivity index (χ1n) is 10.4. The third-order valence-electron chi connectivity index (χ3n) is 5.97. The summed E-state index contributed by atoms with van der Waals surface area (Å²) in [5.41, 5.74) is 3.34. The van der Waals surface area contributed by atoms with Crippen LogP contribution in [0.1, 0.15) is 54.5 Å². The summed E-state index contributed by atoms with van der Waals surface area (Å²) >= 11 is 1.52. The maximum Gasteiger partial charge on any atom is 0.317 e. The van der Waals surface area contributed by atoms with Gasteiger partial charge in [-0.05, 0) is 42.3 Å². The molecule has 1 aliphatic heterocycles. The molecular formula is C24H25NO4S. The predicted molar refractivity (Wildman–Crippen MR) is 115 cm³/mol. The van der Waals surface area contributed by atoms with E-state index in [-0.39, 0.29) is 36.6 Å². The third kappa shape index (κ3) is 3.72. The largest absolute Gasteiger partial charge is 0.465 e. The summed E-state index contributed by atoms with van der Waals surface area (Å²) in [6, 6.07) is 11.9. The van der Waals surface area contributed by atoms with Crippen molar-refractivity contribution < 1.29 is 19.1 Å². The molecule has 5 nitrogen and oxygen atoms in total. The highest BCUT2D eigenvalue weighted by atomic mass is 32.1. The number of aryl methyl sites for hydroxylation is 1. The van der Waals surface area contributed by atoms with Crippen molar-refractivity contribution >= 4 is 29.0 Å². The standard InChI is InChI=1S/C24H25NO4S/c1-3-14-7-9-15(10-8-14)16-13-20(26)25-18-12-17(19-6-5-11-30-19)22(23(27)21(16)18)24(28)29-4-2/h5-11,16-17,22H,3-4,12-13H2,1-2H3,(H,25,26)/t16-,17-,22-/m0/s1. The Kier molecular flexibility index (Phi) is 5.86. The number of benzene rings is 1. The Labute approximate surface area is 180 Å². The van der Waals surface area contributed by atoms with Crippen LogP contribution in [-0.4, -0.2) is 24.3 Å². The van der Waals surface area contributed by atoms with Crippen LogP contribution in [0, 0.1) is 5.92 Å². The van der Waals surface area contributed by atoms with E-state index in [1.165, 1.54) is 16.9 Å². The number of ketones is 1. The molecule has 3 atom stereocenters. The van der Waals surface area contributed by atoms with E-state index < -0.39 is 11.9 Å². The van der Waals surface area contributed by atoms with Gasteiger partial charge in [-0.25, -0.2) is 0 Å². The third-order valence-corrected chi connectivity index (χ3v) is 6.97. The summed E-state index contributed by atoms with van der Waals surface area (Å²) in [6.45, 7) is 4.06. The first-order chi connectivity index (χ1) is 14.5. The molecule has 1 aromatic heterocycles. The zero-order chi connectivity index (χ0) is 21.3. The van der Waals surface area contributed by atoms with Gasteiger partial charge in [0, 0.05) is 34.4 Å². The molecule has 156 valence electrons. The number of carbonyl (C=O) groups excluding carboxylic acids is 3. The van der Waals surface area contributed by atoms with E-state index in [4.69, 9.17) is 4.74 Å². The van der Waals surface area contributed by atoms with E-state index in [0.29, 0.717) is 17.7 Å². The smallest absolute Gasteiger partial charge is 0.317 e. The van der Waals surface area contributed by atoms with Crippen LogP contribution in [0.25, 0.3) is 0 Å². The van der Waals surface area contributed by atoms with E-state index in [9.17, 15) is 14.4 Å². The molecule has 30 heavy (non-hydrogen) atoms. The number of thiophene rings is 1. The van der Waals surface area contributed by atoms with Gasteiger partial charge in [0.1, 0.15) is 5.92 Å². The van der Waals surface area contributed by atoms with Gasteiger partial charge in [-0.2, -0.15) is 0 Å². The van der Waals surface area contributed by atoms with Crippen LogP contribution >= 0.6 is 11.3 Å². The van der Waals surface area contributed by atoms with Crippen molar-refractivity contribution in [1.29, 1.82) is 0 Å². The zero-order valence-electron chi connectivity index (χ0n) is 17.1. The number of hydrogen-bond acceptors (Lipinski definition) is 5. The minimum absolute atomic E-state index is 0.0920. The van der Waals surface area contributed by atoms with Crippen LogP contribution in [0.3, 0.4) is 0 Å². The van der Waals surface area contributed by atoms with Crippen LogP contribution in [-0.2, 0) is 25.5 Å². The molecule has 0 saturated carbocycles. The van der Waals surface area contributed by atoms with Crippen molar-refractivity contribution in [3.05, 3.63) is 69.1 Å². The minimum atomic E-state index is -0.880. The Balaban J connectivity index is 1.78. The molecule has 4 rings (SSSR count). The highest BCUT2D eigenvalue weighted by Crippen LogP contribution is 2.46. The second-order valence-electron chi connectivity index (χ2n) is 7.71. The molecule has 1 aromatic carbocycles. The van der Waals surface area contributed by atoms with Crippen molar-refractivity contribution in [2.75, 3.05) is 6.61 Å². The first-order valence-corrected chi connectivity index (χ1v) is 11.3. The first kappa shape index (κ1) is 20.5. The van der Waals surface area contributed by atoms with Gasteiger partial charge in [0.05, 0.1) is 6.61 Å². The summed E-state index contributed by atoms with van der Waals surface area (Å²) in [7, 11) is 0. The second kappa shape index (κ2) is 8.56. The summed E-state index contributed by atoms with van der Waals surface area (Å²) < 4.78 is 5.29. The molecule has 1 amide bonds.